The molecule has 0 aliphatic carbocycles. The standard InChI is InChI=1S/C13H18N2O5S/c1-4-10-5-6-12(20-10)11(7-18-3)15-21(16,17)13-8-19-14-9(13)2/h5-6,8,11,15H,4,7H2,1-3H3. The van der Waals surface area contributed by atoms with Gasteiger partial charge in [0.2, 0.25) is 10.0 Å². The molecule has 7 nitrogen and oxygen atoms in total. The average Bonchev–Trinajstić information content (AvgIpc) is 3.06. The third kappa shape index (κ3) is 3.52. The van der Waals surface area contributed by atoms with Gasteiger partial charge in [0, 0.05) is 13.5 Å². The molecule has 8 heteroatoms. The molecule has 1 N–H and O–H groups in total. The van der Waals surface area contributed by atoms with E-state index in [9.17, 15) is 8.42 Å². The van der Waals surface area contributed by atoms with Crippen LogP contribution in [0.2, 0.25) is 0 Å². The van der Waals surface area contributed by atoms with Gasteiger partial charge in [0.15, 0.2) is 0 Å². The van der Waals surface area contributed by atoms with E-state index in [1.165, 1.54) is 7.11 Å². The highest BCUT2D eigenvalue weighted by molar-refractivity contribution is 7.89. The number of nitrogens with zero attached hydrogens (tertiary/aromatic N) is 1. The quantitative estimate of drug-likeness (QED) is 0.837. The van der Waals surface area contributed by atoms with Crippen LogP contribution in [0.5, 0.6) is 0 Å². The van der Waals surface area contributed by atoms with Crippen LogP contribution in [0.3, 0.4) is 0 Å². The Kier molecular flexibility index (Phi) is 4.81. The normalized spacial score (nSPS) is 13.5. The Bertz CT molecular complexity index is 689. The highest BCUT2D eigenvalue weighted by Crippen LogP contribution is 2.21. The molecule has 0 spiro atoms. The maximum Gasteiger partial charge on any atom is 0.246 e. The molecule has 2 aromatic rings. The lowest BCUT2D eigenvalue weighted by molar-refractivity contribution is 0.166. The molecule has 2 rings (SSSR count). The lowest BCUT2D eigenvalue weighted by Gasteiger charge is -2.15. The van der Waals surface area contributed by atoms with Crippen molar-refractivity contribution in [1.82, 2.24) is 9.88 Å². The van der Waals surface area contributed by atoms with Crippen LogP contribution in [0.15, 0.2) is 32.2 Å². The predicted molar refractivity (Wildman–Crippen MR) is 74.3 cm³/mol. The molecule has 1 atom stereocenters. The fourth-order valence-electron chi connectivity index (χ4n) is 1.90. The van der Waals surface area contributed by atoms with Gasteiger partial charge in [-0.2, -0.15) is 4.72 Å². The Balaban J connectivity index is 2.26. The summed E-state index contributed by atoms with van der Waals surface area (Å²) in [7, 11) is -2.27. The summed E-state index contributed by atoms with van der Waals surface area (Å²) >= 11 is 0. The lowest BCUT2D eigenvalue weighted by atomic mass is 10.2. The minimum Gasteiger partial charge on any atom is -0.464 e. The summed E-state index contributed by atoms with van der Waals surface area (Å²) in [5, 5.41) is 3.58. The first-order valence-corrected chi connectivity index (χ1v) is 7.97. The van der Waals surface area contributed by atoms with E-state index < -0.39 is 16.1 Å². The van der Waals surface area contributed by atoms with Gasteiger partial charge in [-0.1, -0.05) is 12.1 Å². The Morgan fingerprint density at radius 2 is 2.19 bits per heavy atom. The maximum absolute atomic E-state index is 12.3. The second-order valence-corrected chi connectivity index (χ2v) is 6.23. The first-order chi connectivity index (χ1) is 9.97. The molecule has 0 fully saturated rings. The van der Waals surface area contributed by atoms with Crippen molar-refractivity contribution in [3.63, 3.8) is 0 Å². The van der Waals surface area contributed by atoms with Crippen molar-refractivity contribution in [1.29, 1.82) is 0 Å². The van der Waals surface area contributed by atoms with Gasteiger partial charge < -0.3 is 13.7 Å². The summed E-state index contributed by atoms with van der Waals surface area (Å²) in [6.45, 7) is 3.67. The minimum absolute atomic E-state index is 0.00544. The van der Waals surface area contributed by atoms with E-state index in [2.05, 4.69) is 14.4 Å². The van der Waals surface area contributed by atoms with Crippen LogP contribution in [0, 0.1) is 6.92 Å². The number of rotatable bonds is 7. The highest BCUT2D eigenvalue weighted by Gasteiger charge is 2.26. The van der Waals surface area contributed by atoms with Gasteiger partial charge in [-0.05, 0) is 19.1 Å². The predicted octanol–water partition coefficient (Wildman–Crippen LogP) is 1.80. The first kappa shape index (κ1) is 15.7. The molecule has 2 aromatic heterocycles. The third-order valence-corrected chi connectivity index (χ3v) is 4.57. The largest absolute Gasteiger partial charge is 0.464 e. The Morgan fingerprint density at radius 3 is 2.71 bits per heavy atom. The van der Waals surface area contributed by atoms with E-state index in [1.807, 2.05) is 13.0 Å². The smallest absolute Gasteiger partial charge is 0.246 e. The van der Waals surface area contributed by atoms with Gasteiger partial charge in [-0.15, -0.1) is 0 Å². The molecule has 2 heterocycles. The van der Waals surface area contributed by atoms with Crippen molar-refractivity contribution in [3.05, 3.63) is 35.6 Å². The molecule has 1 unspecified atom stereocenters. The number of aryl methyl sites for hydroxylation is 2. The molecule has 0 bridgehead atoms. The molecule has 116 valence electrons. The summed E-state index contributed by atoms with van der Waals surface area (Å²) in [6, 6.07) is 2.94. The van der Waals surface area contributed by atoms with Crippen molar-refractivity contribution < 1.29 is 22.1 Å². The molecule has 0 aliphatic heterocycles. The van der Waals surface area contributed by atoms with Crippen molar-refractivity contribution in [3.8, 4) is 0 Å². The van der Waals surface area contributed by atoms with Crippen LogP contribution in [0.1, 0.15) is 30.2 Å². The van der Waals surface area contributed by atoms with Gasteiger partial charge in [0.1, 0.15) is 34.4 Å². The summed E-state index contributed by atoms with van der Waals surface area (Å²) in [5.41, 5.74) is 0.298. The molecule has 0 radical (unpaired) electrons. The number of furan rings is 1. The monoisotopic (exact) mass is 314 g/mol. The minimum atomic E-state index is -3.76. The van der Waals surface area contributed by atoms with Crippen LogP contribution < -0.4 is 4.72 Å². The fraction of sp³-hybridized carbons (Fsp3) is 0.462. The van der Waals surface area contributed by atoms with Crippen LogP contribution in [-0.4, -0.2) is 27.3 Å². The maximum atomic E-state index is 12.3. The van der Waals surface area contributed by atoms with Gasteiger partial charge >= 0.3 is 0 Å². The van der Waals surface area contributed by atoms with Gasteiger partial charge in [-0.3, -0.25) is 0 Å². The van der Waals surface area contributed by atoms with Crippen LogP contribution in [-0.2, 0) is 21.2 Å². The molecular weight excluding hydrogens is 296 g/mol. The number of sulfonamides is 1. The second kappa shape index (κ2) is 6.42. The van der Waals surface area contributed by atoms with Crippen LogP contribution >= 0.6 is 0 Å². The number of ether oxygens (including phenoxy) is 1. The van der Waals surface area contributed by atoms with E-state index in [0.717, 1.165) is 18.4 Å². The number of hydrogen-bond acceptors (Lipinski definition) is 6. The molecule has 21 heavy (non-hydrogen) atoms. The molecule has 0 aromatic carbocycles. The van der Waals surface area contributed by atoms with Crippen molar-refractivity contribution in [2.75, 3.05) is 13.7 Å². The van der Waals surface area contributed by atoms with E-state index in [4.69, 9.17) is 9.15 Å². The van der Waals surface area contributed by atoms with Crippen LogP contribution in [0.25, 0.3) is 0 Å². The van der Waals surface area contributed by atoms with Crippen molar-refractivity contribution in [2.45, 2.75) is 31.2 Å². The number of aromatic nitrogens is 1. The zero-order chi connectivity index (χ0) is 15.5. The summed E-state index contributed by atoms with van der Waals surface area (Å²) in [4.78, 5) is 0.00544. The first-order valence-electron chi connectivity index (χ1n) is 6.48. The summed E-state index contributed by atoms with van der Waals surface area (Å²) in [5.74, 6) is 1.29. The zero-order valence-corrected chi connectivity index (χ0v) is 12.9. The Labute approximate surface area is 123 Å². The molecular formula is C13H18N2O5S. The van der Waals surface area contributed by atoms with Crippen molar-refractivity contribution in [2.24, 2.45) is 0 Å². The average molecular weight is 314 g/mol. The SMILES string of the molecule is CCc1ccc(C(COC)NS(=O)(=O)c2conc2C)o1. The van der Waals surface area contributed by atoms with Gasteiger partial charge in [0.05, 0.1) is 6.61 Å². The second-order valence-electron chi connectivity index (χ2n) is 4.55. The Hall–Kier alpha value is -1.64. The number of methoxy groups -OCH3 is 1. The van der Waals surface area contributed by atoms with Crippen LogP contribution in [0.4, 0.5) is 0 Å². The highest BCUT2D eigenvalue weighted by atomic mass is 32.2. The molecule has 0 amide bonds. The van der Waals surface area contributed by atoms with E-state index in [1.54, 1.807) is 13.0 Å². The number of nitrogens with one attached hydrogen (secondary N) is 1. The molecule has 0 saturated heterocycles. The van der Waals surface area contributed by atoms with E-state index >= 15 is 0 Å². The van der Waals surface area contributed by atoms with E-state index in [-0.39, 0.29) is 11.5 Å². The zero-order valence-electron chi connectivity index (χ0n) is 12.1. The molecule has 0 saturated carbocycles. The van der Waals surface area contributed by atoms with E-state index in [0.29, 0.717) is 11.5 Å². The summed E-state index contributed by atoms with van der Waals surface area (Å²) in [6.07, 6.45) is 1.83. The summed E-state index contributed by atoms with van der Waals surface area (Å²) < 4.78 is 42.6. The number of hydrogen-bond donors (Lipinski definition) is 1. The Morgan fingerprint density at radius 1 is 1.43 bits per heavy atom. The van der Waals surface area contributed by atoms with Crippen molar-refractivity contribution >= 4 is 10.0 Å². The topological polar surface area (TPSA) is 94.6 Å². The lowest BCUT2D eigenvalue weighted by Crippen LogP contribution is -2.31. The third-order valence-electron chi connectivity index (χ3n) is 3.00. The fourth-order valence-corrected chi connectivity index (χ4v) is 3.19. The molecule has 0 aliphatic rings. The van der Waals surface area contributed by atoms with Gasteiger partial charge in [-0.25, -0.2) is 8.42 Å². The van der Waals surface area contributed by atoms with Gasteiger partial charge in [0.25, 0.3) is 0 Å².